The van der Waals surface area contributed by atoms with E-state index in [1.54, 1.807) is 25.0 Å². The van der Waals surface area contributed by atoms with Crippen molar-refractivity contribution in [2.45, 2.75) is 33.6 Å². The van der Waals surface area contributed by atoms with Crippen molar-refractivity contribution < 1.29 is 18.7 Å². The number of nitrogens with zero attached hydrogens (tertiary/aromatic N) is 1. The van der Waals surface area contributed by atoms with E-state index in [0.29, 0.717) is 37.6 Å². The van der Waals surface area contributed by atoms with Crippen molar-refractivity contribution in [3.8, 4) is 0 Å². The summed E-state index contributed by atoms with van der Waals surface area (Å²) < 4.78 is 10.4. The highest BCUT2D eigenvalue weighted by Crippen LogP contribution is 2.31. The second kappa shape index (κ2) is 7.17. The van der Waals surface area contributed by atoms with Gasteiger partial charge >= 0.3 is 0 Å². The fourth-order valence-electron chi connectivity index (χ4n) is 3.09. The highest BCUT2D eigenvalue weighted by Gasteiger charge is 2.39. The number of piperidine rings is 1. The molecule has 1 aromatic rings. The summed E-state index contributed by atoms with van der Waals surface area (Å²) >= 11 is 0. The highest BCUT2D eigenvalue weighted by atomic mass is 16.5. The topological polar surface area (TPSA) is 71.8 Å². The molecule has 0 radical (unpaired) electrons. The maximum Gasteiger partial charge on any atom is 0.257 e. The maximum atomic E-state index is 12.7. The summed E-state index contributed by atoms with van der Waals surface area (Å²) in [4.78, 5) is 26.9. The largest absolute Gasteiger partial charge is 0.466 e. The number of hydrogen-bond acceptors (Lipinski definition) is 4. The summed E-state index contributed by atoms with van der Waals surface area (Å²) in [6, 6.07) is 1.77. The van der Waals surface area contributed by atoms with Gasteiger partial charge in [0, 0.05) is 26.7 Å². The minimum atomic E-state index is -0.561. The first-order valence-corrected chi connectivity index (χ1v) is 8.01. The third-order valence-electron chi connectivity index (χ3n) is 4.39. The minimum absolute atomic E-state index is 0.0212. The number of furan rings is 1. The lowest BCUT2D eigenvalue weighted by Gasteiger charge is -2.39. The summed E-state index contributed by atoms with van der Waals surface area (Å²) in [5.74, 6) is 1.27. The Bertz CT molecular complexity index is 581. The molecule has 1 saturated heterocycles. The molecule has 0 aromatic carbocycles. The molecule has 1 unspecified atom stereocenters. The van der Waals surface area contributed by atoms with Crippen molar-refractivity contribution in [3.63, 3.8) is 0 Å². The van der Waals surface area contributed by atoms with Gasteiger partial charge in [-0.2, -0.15) is 0 Å². The van der Waals surface area contributed by atoms with Crippen LogP contribution < -0.4 is 5.32 Å². The zero-order valence-corrected chi connectivity index (χ0v) is 14.4. The van der Waals surface area contributed by atoms with E-state index in [2.05, 4.69) is 5.32 Å². The van der Waals surface area contributed by atoms with Crippen molar-refractivity contribution >= 4 is 11.8 Å². The Kier molecular flexibility index (Phi) is 5.46. The van der Waals surface area contributed by atoms with E-state index in [1.165, 1.54) is 0 Å². The Labute approximate surface area is 137 Å². The third kappa shape index (κ3) is 3.93. The molecule has 1 N–H and O–H groups in total. The van der Waals surface area contributed by atoms with E-state index >= 15 is 0 Å². The standard InChI is InChI=1S/C17H26N2O4/c1-12-10-14(13(2)23-12)15(20)19-8-5-6-17(3,11-19)16(21)18-7-9-22-4/h10H,5-9,11H2,1-4H3,(H,18,21). The van der Waals surface area contributed by atoms with E-state index < -0.39 is 5.41 Å². The number of amides is 2. The number of ether oxygens (including phenoxy) is 1. The third-order valence-corrected chi connectivity index (χ3v) is 4.39. The number of likely N-dealkylation sites (tertiary alicyclic amines) is 1. The lowest BCUT2D eigenvalue weighted by atomic mass is 9.80. The van der Waals surface area contributed by atoms with Crippen molar-refractivity contribution in [1.82, 2.24) is 10.2 Å². The maximum absolute atomic E-state index is 12.7. The number of rotatable bonds is 5. The van der Waals surface area contributed by atoms with E-state index in [9.17, 15) is 9.59 Å². The van der Waals surface area contributed by atoms with Crippen molar-refractivity contribution in [2.24, 2.45) is 5.41 Å². The number of nitrogens with one attached hydrogen (secondary N) is 1. The molecule has 0 spiro atoms. The van der Waals surface area contributed by atoms with Gasteiger partial charge in [0.2, 0.25) is 5.91 Å². The van der Waals surface area contributed by atoms with E-state index in [0.717, 1.165) is 18.6 Å². The monoisotopic (exact) mass is 322 g/mol. The van der Waals surface area contributed by atoms with Crippen LogP contribution >= 0.6 is 0 Å². The van der Waals surface area contributed by atoms with Crippen LogP contribution in [0.4, 0.5) is 0 Å². The lowest BCUT2D eigenvalue weighted by Crippen LogP contribution is -2.52. The zero-order chi connectivity index (χ0) is 17.0. The molecule has 1 fully saturated rings. The Morgan fingerprint density at radius 3 is 2.78 bits per heavy atom. The summed E-state index contributed by atoms with van der Waals surface area (Å²) in [5, 5.41) is 2.89. The molecule has 1 aromatic heterocycles. The SMILES string of the molecule is COCCNC(=O)C1(C)CCCN(C(=O)c2cc(C)oc2C)C1. The lowest BCUT2D eigenvalue weighted by molar-refractivity contribution is -0.132. The highest BCUT2D eigenvalue weighted by molar-refractivity contribution is 5.96. The van der Waals surface area contributed by atoms with Crippen LogP contribution in [0.1, 0.15) is 41.6 Å². The summed E-state index contributed by atoms with van der Waals surface area (Å²) in [5.41, 5.74) is 0.0282. The van der Waals surface area contributed by atoms with Gasteiger partial charge in [-0.25, -0.2) is 0 Å². The Morgan fingerprint density at radius 2 is 2.17 bits per heavy atom. The quantitative estimate of drug-likeness (QED) is 0.841. The van der Waals surface area contributed by atoms with Gasteiger partial charge in [-0.1, -0.05) is 0 Å². The Balaban J connectivity index is 2.06. The molecule has 6 heteroatoms. The van der Waals surface area contributed by atoms with Crippen LogP contribution in [-0.2, 0) is 9.53 Å². The minimum Gasteiger partial charge on any atom is -0.466 e. The summed E-state index contributed by atoms with van der Waals surface area (Å²) in [6.45, 7) is 7.60. The first kappa shape index (κ1) is 17.5. The van der Waals surface area contributed by atoms with Gasteiger partial charge in [0.1, 0.15) is 11.5 Å². The summed E-state index contributed by atoms with van der Waals surface area (Å²) in [7, 11) is 1.60. The second-order valence-corrected chi connectivity index (χ2v) is 6.47. The van der Waals surface area contributed by atoms with Crippen LogP contribution in [0.25, 0.3) is 0 Å². The van der Waals surface area contributed by atoms with Gasteiger partial charge in [0.15, 0.2) is 0 Å². The number of carbonyl (C=O) groups is 2. The van der Waals surface area contributed by atoms with Gasteiger partial charge in [-0.15, -0.1) is 0 Å². The van der Waals surface area contributed by atoms with E-state index in [-0.39, 0.29) is 11.8 Å². The molecule has 1 atom stereocenters. The molecule has 0 saturated carbocycles. The average molecular weight is 322 g/mol. The van der Waals surface area contributed by atoms with Crippen molar-refractivity contribution in [2.75, 3.05) is 33.4 Å². The smallest absolute Gasteiger partial charge is 0.257 e. The van der Waals surface area contributed by atoms with Crippen LogP contribution in [-0.4, -0.2) is 50.1 Å². The predicted molar refractivity (Wildman–Crippen MR) is 86.3 cm³/mol. The fraction of sp³-hybridized carbons (Fsp3) is 0.647. The summed E-state index contributed by atoms with van der Waals surface area (Å²) in [6.07, 6.45) is 1.59. The number of methoxy groups -OCH3 is 1. The molecular formula is C17H26N2O4. The normalized spacial score (nSPS) is 21.3. The second-order valence-electron chi connectivity index (χ2n) is 6.47. The Hall–Kier alpha value is -1.82. The van der Waals surface area contributed by atoms with Crippen LogP contribution in [0.15, 0.2) is 10.5 Å². The van der Waals surface area contributed by atoms with Gasteiger partial charge in [-0.3, -0.25) is 9.59 Å². The molecule has 23 heavy (non-hydrogen) atoms. The fourth-order valence-corrected chi connectivity index (χ4v) is 3.09. The molecule has 2 amide bonds. The van der Waals surface area contributed by atoms with E-state index in [4.69, 9.17) is 9.15 Å². The first-order chi connectivity index (χ1) is 10.9. The van der Waals surface area contributed by atoms with Crippen LogP contribution in [0.3, 0.4) is 0 Å². The molecule has 1 aliphatic heterocycles. The molecule has 0 aliphatic carbocycles. The molecule has 6 nitrogen and oxygen atoms in total. The van der Waals surface area contributed by atoms with Crippen LogP contribution in [0.5, 0.6) is 0 Å². The first-order valence-electron chi connectivity index (χ1n) is 8.01. The zero-order valence-electron chi connectivity index (χ0n) is 14.4. The number of aryl methyl sites for hydroxylation is 2. The Morgan fingerprint density at radius 1 is 1.43 bits per heavy atom. The molecule has 2 heterocycles. The van der Waals surface area contributed by atoms with Crippen LogP contribution in [0, 0.1) is 19.3 Å². The number of carbonyl (C=O) groups excluding carboxylic acids is 2. The molecule has 0 bridgehead atoms. The van der Waals surface area contributed by atoms with Crippen molar-refractivity contribution in [1.29, 1.82) is 0 Å². The van der Waals surface area contributed by atoms with Gasteiger partial charge in [-0.05, 0) is 39.7 Å². The van der Waals surface area contributed by atoms with Gasteiger partial charge in [0.05, 0.1) is 17.6 Å². The average Bonchev–Trinajstić information content (AvgIpc) is 2.85. The van der Waals surface area contributed by atoms with Gasteiger partial charge < -0.3 is 19.4 Å². The molecular weight excluding hydrogens is 296 g/mol. The van der Waals surface area contributed by atoms with Gasteiger partial charge in [0.25, 0.3) is 5.91 Å². The van der Waals surface area contributed by atoms with Crippen molar-refractivity contribution in [3.05, 3.63) is 23.2 Å². The van der Waals surface area contributed by atoms with Crippen LogP contribution in [0.2, 0.25) is 0 Å². The van der Waals surface area contributed by atoms with E-state index in [1.807, 2.05) is 13.8 Å². The molecule has 2 rings (SSSR count). The number of hydrogen-bond donors (Lipinski definition) is 1. The predicted octanol–water partition coefficient (Wildman–Crippen LogP) is 1.90. The molecule has 1 aliphatic rings. The molecule has 128 valence electrons.